The highest BCUT2D eigenvalue weighted by atomic mass is 28.4. The molecule has 0 aromatic carbocycles. The van der Waals surface area contributed by atoms with Gasteiger partial charge in [-0.2, -0.15) is 0 Å². The number of nitrogens with one attached hydrogen (secondary N) is 1. The van der Waals surface area contributed by atoms with Crippen LogP contribution >= 0.6 is 0 Å². The second-order valence-electron chi connectivity index (χ2n) is 28.5. The van der Waals surface area contributed by atoms with Gasteiger partial charge in [-0.3, -0.25) is 4.79 Å². The van der Waals surface area contributed by atoms with Crippen molar-refractivity contribution in [3.8, 4) is 0 Å². The standard InChI is InChI=1S/C60H103NO12Si3/c1-36-30-42-26-28-46-37(2)31-41(65-46)24-22-21-23-25-48(71-74(15,16)58(5,6)7)54-56(73-76(19,20)60(11,12)13)55(72-75(17,18)59(8,9)10)53-47(69-54)29-27-43(67-53)32-40(62)33-45-51(39(4)50(66-42)38(36)3)70-49(52(45)64-14)34-44-35-61-57(63)68-44/h23,25,36,41-56H,2-4,21-22,24,26-35H2,1,5-20H3,(H,61,63)/b25-23+/t36-,41+,42+,43-,44+,45+,46+,47?,48?,49-,50+,51+,52-,53+,54+,55?,56?/m1/s1. The summed E-state index contributed by atoms with van der Waals surface area (Å²) >= 11 is 0. The van der Waals surface area contributed by atoms with E-state index in [1.54, 1.807) is 7.11 Å². The number of Topliss-reactive ketones (excluding diaryl/α,β-unsaturated/α-hetero) is 1. The number of ether oxygens (including phenoxy) is 7. The summed E-state index contributed by atoms with van der Waals surface area (Å²) in [5.74, 6) is -0.165. The van der Waals surface area contributed by atoms with E-state index in [4.69, 9.17) is 53.0 Å². The number of ketones is 1. The molecule has 1 N–H and O–H groups in total. The lowest BCUT2D eigenvalue weighted by atomic mass is 9.79. The number of fused-ring (bicyclic) bond motifs is 2. The molecule has 0 aliphatic carbocycles. The Hall–Kier alpha value is -1.81. The highest BCUT2D eigenvalue weighted by molar-refractivity contribution is 6.75. The van der Waals surface area contributed by atoms with Gasteiger partial charge in [-0.05, 0) is 135 Å². The molecule has 0 spiro atoms. The van der Waals surface area contributed by atoms with Crippen molar-refractivity contribution < 1.29 is 56.0 Å². The minimum absolute atomic E-state index is 0.0333. The molecule has 0 radical (unpaired) electrons. The van der Waals surface area contributed by atoms with E-state index in [0.29, 0.717) is 25.8 Å². The van der Waals surface area contributed by atoms with Gasteiger partial charge in [-0.1, -0.05) is 101 Å². The molecule has 9 aliphatic heterocycles. The van der Waals surface area contributed by atoms with E-state index in [1.165, 1.54) is 0 Å². The fourth-order valence-corrected chi connectivity index (χ4v) is 15.7. The zero-order valence-electron chi connectivity index (χ0n) is 50.2. The van der Waals surface area contributed by atoms with Crippen molar-refractivity contribution in [3.63, 3.8) is 0 Å². The fourth-order valence-electron chi connectivity index (χ4n) is 11.8. The van der Waals surface area contributed by atoms with Gasteiger partial charge in [0.15, 0.2) is 25.0 Å². The predicted octanol–water partition coefficient (Wildman–Crippen LogP) is 12.9. The quantitative estimate of drug-likeness (QED) is 0.174. The third kappa shape index (κ3) is 14.1. The Bertz CT molecular complexity index is 2110. The smallest absolute Gasteiger partial charge is 0.407 e. The van der Waals surface area contributed by atoms with Crippen LogP contribution in [0.2, 0.25) is 54.4 Å². The largest absolute Gasteiger partial charge is 0.444 e. The van der Waals surface area contributed by atoms with Crippen LogP contribution in [0.5, 0.6) is 0 Å². The summed E-state index contributed by atoms with van der Waals surface area (Å²) in [7, 11) is -5.74. The third-order valence-corrected chi connectivity index (χ3v) is 33.1. The molecule has 13 nitrogen and oxygen atoms in total. The number of carbonyl (C=O) groups excluding carboxylic acids is 2. The Morgan fingerprint density at radius 3 is 1.88 bits per heavy atom. The van der Waals surface area contributed by atoms with Gasteiger partial charge < -0.3 is 51.8 Å². The molecule has 0 saturated carbocycles. The Labute approximate surface area is 462 Å². The number of methoxy groups -OCH3 is 1. The topological polar surface area (TPSA) is 138 Å². The SMILES string of the molecule is C=C1[C@@H]2O[C@@H](CC[C@@H]3O[C@@H](CCC/C=C/C(O[Si](C)(C)C(C)(C)C)[C@@H]4OC5CC[C@H](CC(=O)C[C@@H]6[C@@H](OC)[C@@H](C[C@H]7CNC(=O)O7)O[C@H]6C2=C)O[C@@H]5C(O[Si](C)(C)C(C)(C)C)C4O[Si](C)(C)C(C)(C)C)CC3=C)C[C@H]1C. The second-order valence-corrected chi connectivity index (χ2v) is 42.8. The van der Waals surface area contributed by atoms with E-state index in [9.17, 15) is 9.59 Å². The van der Waals surface area contributed by atoms with Crippen molar-refractivity contribution >= 4 is 36.8 Å². The monoisotopic (exact) mass is 1110 g/mol. The summed E-state index contributed by atoms with van der Waals surface area (Å²) in [5.41, 5.74) is 2.84. The maximum Gasteiger partial charge on any atom is 0.407 e. The zero-order chi connectivity index (χ0) is 56.1. The number of amides is 1. The number of hydrogen-bond acceptors (Lipinski definition) is 12. The Balaban J connectivity index is 1.28. The lowest BCUT2D eigenvalue weighted by Crippen LogP contribution is -2.69. The van der Waals surface area contributed by atoms with Crippen molar-refractivity contribution in [2.45, 2.75) is 292 Å². The van der Waals surface area contributed by atoms with Crippen LogP contribution in [0.4, 0.5) is 4.79 Å². The van der Waals surface area contributed by atoms with Gasteiger partial charge in [-0.15, -0.1) is 0 Å². The number of allylic oxidation sites excluding steroid dienone is 1. The maximum atomic E-state index is 15.0. The number of hydrogen-bond donors (Lipinski definition) is 1. The molecule has 0 aromatic heterocycles. The molecule has 6 fully saturated rings. The highest BCUT2D eigenvalue weighted by Crippen LogP contribution is 2.49. The molecule has 9 rings (SSSR count). The number of rotatable bonds is 9. The molecule has 432 valence electrons. The summed E-state index contributed by atoms with van der Waals surface area (Å²) in [6.07, 6.45) is 6.89. The minimum atomic E-state index is -2.51. The molecule has 76 heavy (non-hydrogen) atoms. The summed E-state index contributed by atoms with van der Waals surface area (Å²) in [4.78, 5) is 27.2. The van der Waals surface area contributed by atoms with Crippen LogP contribution in [0.15, 0.2) is 48.6 Å². The summed E-state index contributed by atoms with van der Waals surface area (Å²) < 4.78 is 70.5. The normalized spacial score (nSPS) is 38.5. The summed E-state index contributed by atoms with van der Waals surface area (Å²) in [6, 6.07) is 0. The maximum absolute atomic E-state index is 15.0. The molecule has 16 heteroatoms. The first-order chi connectivity index (χ1) is 35.2. The van der Waals surface area contributed by atoms with Crippen molar-refractivity contribution in [2.24, 2.45) is 11.8 Å². The first-order valence-corrected chi connectivity index (χ1v) is 37.9. The molecule has 9 heterocycles. The van der Waals surface area contributed by atoms with E-state index < -0.39 is 98.0 Å². The number of cyclic esters (lactones) is 1. The molecule has 17 atom stereocenters. The first-order valence-electron chi connectivity index (χ1n) is 29.2. The molecular weight excluding hydrogens is 1010 g/mol. The van der Waals surface area contributed by atoms with E-state index in [2.05, 4.69) is 139 Å². The van der Waals surface area contributed by atoms with Crippen molar-refractivity contribution in [1.82, 2.24) is 5.32 Å². The molecule has 9 aliphatic rings. The molecule has 4 unspecified atom stereocenters. The summed E-state index contributed by atoms with van der Waals surface area (Å²) in [6.45, 7) is 50.9. The van der Waals surface area contributed by atoms with Crippen LogP contribution in [0, 0.1) is 11.8 Å². The average Bonchev–Trinajstić information content (AvgIpc) is 3.99. The Morgan fingerprint density at radius 1 is 0.671 bits per heavy atom. The predicted molar refractivity (Wildman–Crippen MR) is 308 cm³/mol. The lowest BCUT2D eigenvalue weighted by Gasteiger charge is -2.56. The van der Waals surface area contributed by atoms with Crippen LogP contribution in [-0.2, 0) is 51.2 Å². The van der Waals surface area contributed by atoms with Crippen LogP contribution in [0.25, 0.3) is 0 Å². The second kappa shape index (κ2) is 24.0. The van der Waals surface area contributed by atoms with Gasteiger partial charge in [-0.25, -0.2) is 4.79 Å². The average molecular weight is 1110 g/mol. The fraction of sp³-hybridized carbons (Fsp3) is 0.833. The van der Waals surface area contributed by atoms with Gasteiger partial charge in [0.05, 0.1) is 61.5 Å². The van der Waals surface area contributed by atoms with Crippen LogP contribution in [0.1, 0.15) is 146 Å². The molecular formula is C60H103NO12Si3. The van der Waals surface area contributed by atoms with Crippen molar-refractivity contribution in [2.75, 3.05) is 13.7 Å². The van der Waals surface area contributed by atoms with Gasteiger partial charge in [0, 0.05) is 32.3 Å². The van der Waals surface area contributed by atoms with Crippen molar-refractivity contribution in [3.05, 3.63) is 48.6 Å². The van der Waals surface area contributed by atoms with Gasteiger partial charge in [0.1, 0.15) is 42.4 Å². The number of alkyl carbamates (subject to hydrolysis) is 1. The number of carbonyl (C=O) groups is 2. The lowest BCUT2D eigenvalue weighted by molar-refractivity contribution is -0.266. The Kier molecular flexibility index (Phi) is 19.5. The van der Waals surface area contributed by atoms with Gasteiger partial charge in [0.2, 0.25) is 0 Å². The molecule has 0 aromatic rings. The van der Waals surface area contributed by atoms with E-state index in [0.717, 1.165) is 61.7 Å². The molecule has 6 saturated heterocycles. The molecule has 1 amide bonds. The van der Waals surface area contributed by atoms with Gasteiger partial charge >= 0.3 is 6.09 Å². The van der Waals surface area contributed by atoms with Gasteiger partial charge in [0.25, 0.3) is 0 Å². The van der Waals surface area contributed by atoms with Crippen LogP contribution in [-0.4, -0.2) is 142 Å². The van der Waals surface area contributed by atoms with E-state index >= 15 is 0 Å². The highest BCUT2D eigenvalue weighted by Gasteiger charge is 2.58. The summed E-state index contributed by atoms with van der Waals surface area (Å²) in [5, 5.41) is 2.49. The van der Waals surface area contributed by atoms with E-state index in [1.807, 2.05) is 0 Å². The first kappa shape index (κ1) is 61.8. The Morgan fingerprint density at radius 2 is 1.28 bits per heavy atom. The molecule has 8 bridgehead atoms. The zero-order valence-corrected chi connectivity index (χ0v) is 53.2. The third-order valence-electron chi connectivity index (χ3n) is 19.7. The minimum Gasteiger partial charge on any atom is -0.444 e. The van der Waals surface area contributed by atoms with Crippen molar-refractivity contribution in [1.29, 1.82) is 0 Å². The van der Waals surface area contributed by atoms with Crippen LogP contribution in [0.3, 0.4) is 0 Å². The van der Waals surface area contributed by atoms with E-state index in [-0.39, 0.29) is 70.2 Å². The van der Waals surface area contributed by atoms with Crippen LogP contribution < -0.4 is 5.32 Å².